The van der Waals surface area contributed by atoms with Crippen molar-refractivity contribution in [3.05, 3.63) is 65.1 Å². The summed E-state index contributed by atoms with van der Waals surface area (Å²) in [4.78, 5) is 27.5. The third kappa shape index (κ3) is 3.20. The molecular formula is C19H20N6O. The van der Waals surface area contributed by atoms with Gasteiger partial charge in [0.1, 0.15) is 5.82 Å². The van der Waals surface area contributed by atoms with Gasteiger partial charge in [-0.15, -0.1) is 0 Å². The fraction of sp³-hybridized carbons (Fsp3) is 0.316. The van der Waals surface area contributed by atoms with Crippen LogP contribution in [0.5, 0.6) is 0 Å². The number of pyridine rings is 1. The first kappa shape index (κ1) is 16.4. The highest BCUT2D eigenvalue weighted by Crippen LogP contribution is 2.26. The van der Waals surface area contributed by atoms with E-state index in [-0.39, 0.29) is 11.6 Å². The maximum absolute atomic E-state index is 12.3. The summed E-state index contributed by atoms with van der Waals surface area (Å²) in [6.45, 7) is 3.41. The molecule has 26 heavy (non-hydrogen) atoms. The van der Waals surface area contributed by atoms with E-state index < -0.39 is 0 Å². The van der Waals surface area contributed by atoms with E-state index in [4.69, 9.17) is 0 Å². The Balaban J connectivity index is 1.62. The fourth-order valence-corrected chi connectivity index (χ4v) is 3.43. The van der Waals surface area contributed by atoms with Gasteiger partial charge in [-0.3, -0.25) is 14.8 Å². The predicted molar refractivity (Wildman–Crippen MR) is 98.9 cm³/mol. The lowest BCUT2D eigenvalue weighted by Crippen LogP contribution is -2.38. The molecule has 0 bridgehead atoms. The second-order valence-electron chi connectivity index (χ2n) is 6.44. The predicted octanol–water partition coefficient (Wildman–Crippen LogP) is 2.07. The molecule has 1 unspecified atom stereocenters. The van der Waals surface area contributed by atoms with Crippen molar-refractivity contribution >= 4 is 5.82 Å². The van der Waals surface area contributed by atoms with Gasteiger partial charge in [0.15, 0.2) is 0 Å². The summed E-state index contributed by atoms with van der Waals surface area (Å²) in [7, 11) is 0. The number of hydrogen-bond acceptors (Lipinski definition) is 6. The molecule has 7 nitrogen and oxygen atoms in total. The smallest absolute Gasteiger partial charge is 0.266 e. The topological polar surface area (TPSA) is 76.8 Å². The average molecular weight is 348 g/mol. The molecule has 0 saturated carbocycles. The largest absolute Gasteiger partial charge is 0.350 e. The molecule has 0 spiro atoms. The van der Waals surface area contributed by atoms with Crippen molar-refractivity contribution in [2.45, 2.75) is 32.4 Å². The highest BCUT2D eigenvalue weighted by Gasteiger charge is 2.28. The highest BCUT2D eigenvalue weighted by atomic mass is 16.1. The zero-order chi connectivity index (χ0) is 17.9. The molecule has 7 heteroatoms. The van der Waals surface area contributed by atoms with Gasteiger partial charge >= 0.3 is 0 Å². The summed E-state index contributed by atoms with van der Waals surface area (Å²) in [5, 5.41) is 4.56. The number of aryl methyl sites for hydroxylation is 1. The minimum absolute atomic E-state index is 0.0969. The lowest BCUT2D eigenvalue weighted by molar-refractivity contribution is 0.488. The first-order valence-electron chi connectivity index (χ1n) is 8.75. The Morgan fingerprint density at radius 3 is 2.85 bits per heavy atom. The van der Waals surface area contributed by atoms with E-state index in [1.807, 2.05) is 19.1 Å². The standard InChI is InChI=1S/C19H20N6O/c1-14-19(22-10-9-21-14)24-11-3-5-16(24)13-25-18(26)7-6-17(23-25)15-4-2-8-20-12-15/h2,4,6-10,12,16H,3,5,11,13H2,1H3. The Bertz CT molecular complexity index is 955. The van der Waals surface area contributed by atoms with Crippen LogP contribution in [-0.4, -0.2) is 37.3 Å². The molecule has 3 aromatic rings. The lowest BCUT2D eigenvalue weighted by atomic mass is 10.2. The van der Waals surface area contributed by atoms with Crippen molar-refractivity contribution in [2.75, 3.05) is 11.4 Å². The molecule has 0 radical (unpaired) electrons. The van der Waals surface area contributed by atoms with E-state index in [0.29, 0.717) is 6.54 Å². The Labute approximate surface area is 151 Å². The summed E-state index contributed by atoms with van der Waals surface area (Å²) in [6.07, 6.45) is 8.96. The van der Waals surface area contributed by atoms with E-state index in [1.165, 1.54) is 0 Å². The van der Waals surface area contributed by atoms with E-state index in [1.54, 1.807) is 41.6 Å². The van der Waals surface area contributed by atoms with Crippen molar-refractivity contribution < 1.29 is 0 Å². The molecule has 4 heterocycles. The van der Waals surface area contributed by atoms with E-state index >= 15 is 0 Å². The van der Waals surface area contributed by atoms with E-state index in [2.05, 4.69) is 25.0 Å². The van der Waals surface area contributed by atoms with Crippen molar-refractivity contribution in [1.29, 1.82) is 0 Å². The summed E-state index contributed by atoms with van der Waals surface area (Å²) in [6, 6.07) is 7.30. The molecule has 1 aliphatic heterocycles. The monoisotopic (exact) mass is 348 g/mol. The maximum Gasteiger partial charge on any atom is 0.266 e. The minimum atomic E-state index is -0.0969. The van der Waals surface area contributed by atoms with Crippen LogP contribution in [0.1, 0.15) is 18.5 Å². The van der Waals surface area contributed by atoms with Crippen LogP contribution in [0, 0.1) is 6.92 Å². The van der Waals surface area contributed by atoms with Crippen molar-refractivity contribution in [3.63, 3.8) is 0 Å². The third-order valence-electron chi connectivity index (χ3n) is 4.71. The van der Waals surface area contributed by atoms with Gasteiger partial charge in [-0.2, -0.15) is 5.10 Å². The van der Waals surface area contributed by atoms with Crippen LogP contribution < -0.4 is 10.5 Å². The van der Waals surface area contributed by atoms with Gasteiger partial charge in [-0.25, -0.2) is 9.67 Å². The van der Waals surface area contributed by atoms with Gasteiger partial charge in [0, 0.05) is 43.0 Å². The maximum atomic E-state index is 12.3. The Morgan fingerprint density at radius 2 is 2.04 bits per heavy atom. The van der Waals surface area contributed by atoms with Crippen LogP contribution >= 0.6 is 0 Å². The van der Waals surface area contributed by atoms with Crippen LogP contribution in [0.2, 0.25) is 0 Å². The lowest BCUT2D eigenvalue weighted by Gasteiger charge is -2.26. The molecule has 0 aromatic carbocycles. The number of aromatic nitrogens is 5. The summed E-state index contributed by atoms with van der Waals surface area (Å²) in [5.74, 6) is 0.895. The Hall–Kier alpha value is -3.09. The van der Waals surface area contributed by atoms with Crippen molar-refractivity contribution in [3.8, 4) is 11.3 Å². The minimum Gasteiger partial charge on any atom is -0.350 e. The second kappa shape index (κ2) is 7.03. The number of anilines is 1. The molecule has 3 aromatic heterocycles. The van der Waals surface area contributed by atoms with Crippen LogP contribution in [-0.2, 0) is 6.54 Å². The molecule has 0 aliphatic carbocycles. The highest BCUT2D eigenvalue weighted by molar-refractivity contribution is 5.56. The van der Waals surface area contributed by atoms with Gasteiger partial charge in [0.05, 0.1) is 24.0 Å². The third-order valence-corrected chi connectivity index (χ3v) is 4.71. The fourth-order valence-electron chi connectivity index (χ4n) is 3.43. The molecule has 0 N–H and O–H groups in total. The summed E-state index contributed by atoms with van der Waals surface area (Å²) < 4.78 is 1.55. The SMILES string of the molecule is Cc1nccnc1N1CCCC1Cn1nc(-c2cccnc2)ccc1=O. The average Bonchev–Trinajstić information content (AvgIpc) is 3.12. The molecule has 4 rings (SSSR count). The van der Waals surface area contributed by atoms with Gasteiger partial charge in [-0.05, 0) is 38.0 Å². The first-order chi connectivity index (χ1) is 12.7. The van der Waals surface area contributed by atoms with Crippen molar-refractivity contribution in [2.24, 2.45) is 0 Å². The van der Waals surface area contributed by atoms with Crippen LogP contribution in [0.25, 0.3) is 11.3 Å². The quantitative estimate of drug-likeness (QED) is 0.718. The Morgan fingerprint density at radius 1 is 1.15 bits per heavy atom. The molecule has 1 saturated heterocycles. The molecule has 1 fully saturated rings. The molecule has 132 valence electrons. The zero-order valence-corrected chi connectivity index (χ0v) is 14.6. The van der Waals surface area contributed by atoms with Gasteiger partial charge < -0.3 is 4.90 Å². The first-order valence-corrected chi connectivity index (χ1v) is 8.75. The molecular weight excluding hydrogens is 328 g/mol. The number of nitrogens with zero attached hydrogens (tertiary/aromatic N) is 6. The number of hydrogen-bond donors (Lipinski definition) is 0. The van der Waals surface area contributed by atoms with Gasteiger partial charge in [0.25, 0.3) is 5.56 Å². The number of rotatable bonds is 4. The normalized spacial score (nSPS) is 16.8. The van der Waals surface area contributed by atoms with Crippen molar-refractivity contribution in [1.82, 2.24) is 24.7 Å². The van der Waals surface area contributed by atoms with Crippen LogP contribution in [0.3, 0.4) is 0 Å². The van der Waals surface area contributed by atoms with E-state index in [9.17, 15) is 4.79 Å². The Kier molecular flexibility index (Phi) is 4.43. The molecule has 0 amide bonds. The molecule has 1 aliphatic rings. The van der Waals surface area contributed by atoms with Crippen LogP contribution in [0.15, 0.2) is 53.8 Å². The van der Waals surface area contributed by atoms with E-state index in [0.717, 1.165) is 42.2 Å². The van der Waals surface area contributed by atoms with Gasteiger partial charge in [0.2, 0.25) is 0 Å². The van der Waals surface area contributed by atoms with Gasteiger partial charge in [-0.1, -0.05) is 0 Å². The summed E-state index contributed by atoms with van der Waals surface area (Å²) in [5.41, 5.74) is 2.46. The summed E-state index contributed by atoms with van der Waals surface area (Å²) >= 11 is 0. The zero-order valence-electron chi connectivity index (χ0n) is 14.6. The molecule has 1 atom stereocenters. The van der Waals surface area contributed by atoms with Crippen LogP contribution in [0.4, 0.5) is 5.82 Å². The second-order valence-corrected chi connectivity index (χ2v) is 6.44.